The maximum Gasteiger partial charge on any atom is 0.258 e. The number of fused-ring (bicyclic) bond motifs is 1. The van der Waals surface area contributed by atoms with Crippen molar-refractivity contribution < 1.29 is 23.8 Å². The molecular formula is C37H39ClN2O5. The van der Waals surface area contributed by atoms with Gasteiger partial charge in [-0.2, -0.15) is 0 Å². The van der Waals surface area contributed by atoms with E-state index < -0.39 is 0 Å². The highest BCUT2D eigenvalue weighted by atomic mass is 35.5. The fourth-order valence-electron chi connectivity index (χ4n) is 5.24. The average Bonchev–Trinajstić information content (AvgIpc) is 3.51. The molecule has 234 valence electrons. The summed E-state index contributed by atoms with van der Waals surface area (Å²) in [7, 11) is 1.78. The van der Waals surface area contributed by atoms with Crippen LogP contribution in [0.3, 0.4) is 0 Å². The van der Waals surface area contributed by atoms with Crippen molar-refractivity contribution in [1.29, 1.82) is 0 Å². The molecule has 5 rings (SSSR count). The molecule has 0 aromatic heterocycles. The predicted molar refractivity (Wildman–Crippen MR) is 176 cm³/mol. The zero-order valence-electron chi connectivity index (χ0n) is 25.8. The molecule has 4 aromatic rings. The second-order valence-electron chi connectivity index (χ2n) is 11.1. The maximum absolute atomic E-state index is 14.2. The van der Waals surface area contributed by atoms with E-state index in [2.05, 4.69) is 6.92 Å². The van der Waals surface area contributed by atoms with Crippen molar-refractivity contribution in [2.24, 2.45) is 0 Å². The van der Waals surface area contributed by atoms with Gasteiger partial charge in [0.25, 0.3) is 11.8 Å². The van der Waals surface area contributed by atoms with Gasteiger partial charge in [-0.1, -0.05) is 80.1 Å². The van der Waals surface area contributed by atoms with Gasteiger partial charge in [-0.15, -0.1) is 11.6 Å². The number of carbonyl (C=O) groups is 2. The normalized spacial score (nSPS) is 12.0. The first kappa shape index (κ1) is 31.9. The van der Waals surface area contributed by atoms with Crippen molar-refractivity contribution in [3.05, 3.63) is 124 Å². The van der Waals surface area contributed by atoms with E-state index in [4.69, 9.17) is 25.8 Å². The van der Waals surface area contributed by atoms with E-state index in [1.165, 1.54) is 0 Å². The third-order valence-electron chi connectivity index (χ3n) is 7.74. The highest BCUT2D eigenvalue weighted by Gasteiger charge is 2.30. The average molecular weight is 627 g/mol. The van der Waals surface area contributed by atoms with Gasteiger partial charge in [-0.25, -0.2) is 0 Å². The smallest absolute Gasteiger partial charge is 0.258 e. The van der Waals surface area contributed by atoms with E-state index in [0.717, 1.165) is 40.8 Å². The number of alkyl halides is 1. The summed E-state index contributed by atoms with van der Waals surface area (Å²) in [4.78, 5) is 31.5. The Labute approximate surface area is 270 Å². The Morgan fingerprint density at radius 2 is 1.40 bits per heavy atom. The first-order valence-electron chi connectivity index (χ1n) is 15.3. The van der Waals surface area contributed by atoms with Crippen molar-refractivity contribution in [1.82, 2.24) is 9.80 Å². The summed E-state index contributed by atoms with van der Waals surface area (Å²) in [5.74, 6) is 1.42. The van der Waals surface area contributed by atoms with Gasteiger partial charge in [-0.3, -0.25) is 9.59 Å². The zero-order chi connectivity index (χ0) is 31.6. The van der Waals surface area contributed by atoms with Crippen molar-refractivity contribution >= 4 is 23.4 Å². The minimum absolute atomic E-state index is 0.207. The molecule has 0 fully saturated rings. The number of nitrogens with zero attached hydrogens (tertiary/aromatic N) is 2. The molecule has 0 spiro atoms. The summed E-state index contributed by atoms with van der Waals surface area (Å²) >= 11 is 5.80. The summed E-state index contributed by atoms with van der Waals surface area (Å²) in [6.45, 7) is 4.46. The molecule has 1 heterocycles. The molecule has 1 aliphatic rings. The molecule has 8 heteroatoms. The highest BCUT2D eigenvalue weighted by Crippen LogP contribution is 2.35. The highest BCUT2D eigenvalue weighted by molar-refractivity contribution is 6.18. The first-order valence-corrected chi connectivity index (χ1v) is 15.9. The van der Waals surface area contributed by atoms with Gasteiger partial charge in [0.1, 0.15) is 37.1 Å². The van der Waals surface area contributed by atoms with Crippen LogP contribution in [-0.4, -0.2) is 47.7 Å². The molecule has 1 aliphatic heterocycles. The van der Waals surface area contributed by atoms with E-state index >= 15 is 0 Å². The number of halogens is 1. The molecule has 45 heavy (non-hydrogen) atoms. The van der Waals surface area contributed by atoms with Crippen LogP contribution < -0.4 is 14.2 Å². The molecule has 0 radical (unpaired) electrons. The maximum atomic E-state index is 14.2. The van der Waals surface area contributed by atoms with Crippen LogP contribution >= 0.6 is 11.6 Å². The molecule has 0 saturated carbocycles. The van der Waals surface area contributed by atoms with Gasteiger partial charge >= 0.3 is 0 Å². The Kier molecular flexibility index (Phi) is 11.0. The number of hydrogen-bond acceptors (Lipinski definition) is 5. The predicted octanol–water partition coefficient (Wildman–Crippen LogP) is 7.49. The lowest BCUT2D eigenvalue weighted by molar-refractivity contribution is 0.0746. The van der Waals surface area contributed by atoms with Gasteiger partial charge in [0.05, 0.1) is 17.0 Å². The lowest BCUT2D eigenvalue weighted by Gasteiger charge is -2.23. The van der Waals surface area contributed by atoms with Crippen molar-refractivity contribution in [2.75, 3.05) is 26.1 Å². The number of rotatable bonds is 14. The summed E-state index contributed by atoms with van der Waals surface area (Å²) in [5.41, 5.74) is 4.63. The Morgan fingerprint density at radius 1 is 0.778 bits per heavy atom. The molecule has 0 unspecified atom stereocenters. The molecule has 4 aromatic carbocycles. The van der Waals surface area contributed by atoms with Gasteiger partial charge in [0.15, 0.2) is 0 Å². The Bertz CT molecular complexity index is 1600. The van der Waals surface area contributed by atoms with Crippen molar-refractivity contribution in [3.8, 4) is 17.2 Å². The minimum atomic E-state index is -0.225. The third-order valence-corrected chi connectivity index (χ3v) is 7.90. The summed E-state index contributed by atoms with van der Waals surface area (Å²) in [6.07, 6.45) is 1.83. The van der Waals surface area contributed by atoms with Gasteiger partial charge < -0.3 is 24.0 Å². The largest absolute Gasteiger partial charge is 0.492 e. The fraction of sp³-hybridized carbons (Fsp3) is 0.297. The van der Waals surface area contributed by atoms with Gasteiger partial charge in [-0.05, 0) is 46.9 Å². The molecule has 2 amide bonds. The number of benzene rings is 4. The van der Waals surface area contributed by atoms with Crippen LogP contribution in [-0.2, 0) is 26.3 Å². The summed E-state index contributed by atoms with van der Waals surface area (Å²) < 4.78 is 18.3. The van der Waals surface area contributed by atoms with Crippen LogP contribution in [0.15, 0.2) is 91.0 Å². The fourth-order valence-corrected chi connectivity index (χ4v) is 5.32. The van der Waals surface area contributed by atoms with Crippen LogP contribution in [0.2, 0.25) is 0 Å². The molecule has 0 N–H and O–H groups in total. The van der Waals surface area contributed by atoms with Gasteiger partial charge in [0.2, 0.25) is 0 Å². The summed E-state index contributed by atoms with van der Waals surface area (Å²) in [6, 6.07) is 28.7. The number of ether oxygens (including phenoxy) is 3. The summed E-state index contributed by atoms with van der Waals surface area (Å²) in [5, 5.41) is 0. The number of carbonyl (C=O) groups excluding carboxylic acids is 2. The third kappa shape index (κ3) is 8.17. The molecular weight excluding hydrogens is 588 g/mol. The Morgan fingerprint density at radius 3 is 2.02 bits per heavy atom. The van der Waals surface area contributed by atoms with Crippen molar-refractivity contribution in [3.63, 3.8) is 0 Å². The second kappa shape index (κ2) is 15.5. The number of unbranched alkanes of at least 4 members (excludes halogenated alkanes) is 1. The SMILES string of the molecule is CCCCN(C)C(=O)c1cc(C(=O)N2Cc3ccc(OCCCl)cc3C2)c(OCc2ccccc2)cc1OCc1ccccc1. The standard InChI is InChI=1S/C37H39ClN2O5/c1-3-4-18-39(2)36(41)32-21-33(37(42)40-23-29-15-16-31(43-19-17-38)20-30(29)24-40)35(45-26-28-13-9-6-10-14-28)22-34(32)44-25-27-11-7-5-8-12-27/h5-16,20-22H,3-4,17-19,23-26H2,1-2H3. The quantitative estimate of drug-likeness (QED) is 0.136. The van der Waals surface area contributed by atoms with E-state index in [-0.39, 0.29) is 25.0 Å². The number of amides is 2. The van der Waals surface area contributed by atoms with Crippen molar-refractivity contribution in [2.45, 2.75) is 46.1 Å². The molecule has 0 bridgehead atoms. The minimum Gasteiger partial charge on any atom is -0.492 e. The lowest BCUT2D eigenvalue weighted by atomic mass is 10.0. The molecule has 0 saturated heterocycles. The van der Waals surface area contributed by atoms with Crippen LogP contribution in [0.25, 0.3) is 0 Å². The molecule has 7 nitrogen and oxygen atoms in total. The van der Waals surface area contributed by atoms with Crippen LogP contribution in [0.1, 0.15) is 62.7 Å². The van der Waals surface area contributed by atoms with E-state index in [0.29, 0.717) is 54.7 Å². The monoisotopic (exact) mass is 626 g/mol. The topological polar surface area (TPSA) is 68.3 Å². The second-order valence-corrected chi connectivity index (χ2v) is 11.5. The van der Waals surface area contributed by atoms with Gasteiger partial charge in [0, 0.05) is 32.7 Å². The number of hydrogen-bond donors (Lipinski definition) is 0. The van der Waals surface area contributed by atoms with Crippen LogP contribution in [0, 0.1) is 0 Å². The molecule has 0 aliphatic carbocycles. The van der Waals surface area contributed by atoms with E-state index in [9.17, 15) is 9.59 Å². The lowest BCUT2D eigenvalue weighted by Crippen LogP contribution is -2.30. The van der Waals surface area contributed by atoms with Crippen LogP contribution in [0.4, 0.5) is 0 Å². The Balaban J connectivity index is 1.50. The zero-order valence-corrected chi connectivity index (χ0v) is 26.6. The van der Waals surface area contributed by atoms with Crippen LogP contribution in [0.5, 0.6) is 17.2 Å². The molecule has 0 atom stereocenters. The van der Waals surface area contributed by atoms with E-state index in [1.807, 2.05) is 78.9 Å². The van der Waals surface area contributed by atoms with E-state index in [1.54, 1.807) is 29.0 Å². The first-order chi connectivity index (χ1) is 22.0. The Hall–Kier alpha value is -4.49.